The molecule has 0 aliphatic rings. The van der Waals surface area contributed by atoms with Gasteiger partial charge in [-0.05, 0) is 31.2 Å². The fourth-order valence-corrected chi connectivity index (χ4v) is 1.83. The van der Waals surface area contributed by atoms with Crippen LogP contribution in [0.4, 0.5) is 0 Å². The van der Waals surface area contributed by atoms with Crippen LogP contribution in [0.5, 0.6) is 0 Å². The maximum atomic E-state index is 11.7. The van der Waals surface area contributed by atoms with Crippen molar-refractivity contribution in [2.45, 2.75) is 31.4 Å². The zero-order valence-corrected chi connectivity index (χ0v) is 11.0. The molecule has 1 aromatic heterocycles. The van der Waals surface area contributed by atoms with Crippen molar-refractivity contribution >= 4 is 17.7 Å². The first kappa shape index (κ1) is 14.0. The van der Waals surface area contributed by atoms with Gasteiger partial charge in [-0.15, -0.1) is 11.8 Å². The van der Waals surface area contributed by atoms with Crippen LogP contribution in [0.1, 0.15) is 30.6 Å². The first-order valence-electron chi connectivity index (χ1n) is 5.68. The van der Waals surface area contributed by atoms with Crippen LogP contribution in [0, 0.1) is 0 Å². The van der Waals surface area contributed by atoms with Gasteiger partial charge < -0.3 is 10.4 Å². The van der Waals surface area contributed by atoms with E-state index in [-0.39, 0.29) is 5.91 Å². The van der Waals surface area contributed by atoms with Crippen LogP contribution in [0.15, 0.2) is 23.4 Å². The summed E-state index contributed by atoms with van der Waals surface area (Å²) in [5, 5.41) is 12.7. The molecule has 94 valence electrons. The zero-order chi connectivity index (χ0) is 12.7. The molecule has 0 bridgehead atoms. The number of nitrogens with one attached hydrogen (secondary N) is 1. The fourth-order valence-electron chi connectivity index (χ4n) is 1.24. The highest BCUT2D eigenvalue weighted by molar-refractivity contribution is 7.99. The van der Waals surface area contributed by atoms with Gasteiger partial charge in [-0.2, -0.15) is 0 Å². The molecule has 0 fully saturated rings. The van der Waals surface area contributed by atoms with Gasteiger partial charge in [0.15, 0.2) is 0 Å². The molecule has 0 radical (unpaired) electrons. The van der Waals surface area contributed by atoms with Crippen LogP contribution in [0.2, 0.25) is 0 Å². The van der Waals surface area contributed by atoms with Gasteiger partial charge in [0, 0.05) is 12.7 Å². The van der Waals surface area contributed by atoms with Crippen LogP contribution in [0.25, 0.3) is 0 Å². The molecule has 1 aromatic rings. The Kier molecular flexibility index (Phi) is 6.00. The Morgan fingerprint density at radius 3 is 2.88 bits per heavy atom. The van der Waals surface area contributed by atoms with Crippen molar-refractivity contribution in [2.75, 3.05) is 12.3 Å². The molecular formula is C12H18N2O2S. The van der Waals surface area contributed by atoms with Crippen LogP contribution < -0.4 is 5.32 Å². The SMILES string of the molecule is CCSc1ccc(C(=O)NCCC(C)O)cn1. The predicted octanol–water partition coefficient (Wildman–Crippen LogP) is 1.69. The highest BCUT2D eigenvalue weighted by Gasteiger charge is 2.06. The third-order valence-electron chi connectivity index (χ3n) is 2.14. The molecule has 2 N–H and O–H groups in total. The molecule has 4 nitrogen and oxygen atoms in total. The van der Waals surface area contributed by atoms with Crippen molar-refractivity contribution in [3.63, 3.8) is 0 Å². The third kappa shape index (κ3) is 5.19. The summed E-state index contributed by atoms with van der Waals surface area (Å²) in [5.74, 6) is 0.818. The second-order valence-corrected chi connectivity index (χ2v) is 5.00. The quantitative estimate of drug-likeness (QED) is 0.758. The average Bonchev–Trinajstić information content (AvgIpc) is 2.30. The van der Waals surface area contributed by atoms with Gasteiger partial charge in [-0.1, -0.05) is 6.92 Å². The van der Waals surface area contributed by atoms with E-state index in [1.54, 1.807) is 30.9 Å². The van der Waals surface area contributed by atoms with Gasteiger partial charge in [0.2, 0.25) is 0 Å². The Bertz CT molecular complexity index is 352. The molecular weight excluding hydrogens is 236 g/mol. The van der Waals surface area contributed by atoms with E-state index >= 15 is 0 Å². The number of amides is 1. The van der Waals surface area contributed by atoms with Gasteiger partial charge in [-0.3, -0.25) is 4.79 Å². The van der Waals surface area contributed by atoms with Crippen molar-refractivity contribution in [3.8, 4) is 0 Å². The van der Waals surface area contributed by atoms with E-state index in [0.717, 1.165) is 10.8 Å². The largest absolute Gasteiger partial charge is 0.393 e. The van der Waals surface area contributed by atoms with E-state index < -0.39 is 6.10 Å². The van der Waals surface area contributed by atoms with E-state index in [9.17, 15) is 4.79 Å². The van der Waals surface area contributed by atoms with Crippen LogP contribution >= 0.6 is 11.8 Å². The van der Waals surface area contributed by atoms with Crippen molar-refractivity contribution in [3.05, 3.63) is 23.9 Å². The van der Waals surface area contributed by atoms with E-state index in [1.807, 2.05) is 6.07 Å². The van der Waals surface area contributed by atoms with Crippen molar-refractivity contribution in [1.29, 1.82) is 0 Å². The van der Waals surface area contributed by atoms with Gasteiger partial charge in [0.25, 0.3) is 5.91 Å². The summed E-state index contributed by atoms with van der Waals surface area (Å²) in [6.45, 7) is 4.23. The number of carbonyl (C=O) groups excluding carboxylic acids is 1. The Labute approximate surface area is 106 Å². The summed E-state index contributed by atoms with van der Waals surface area (Å²) >= 11 is 1.64. The summed E-state index contributed by atoms with van der Waals surface area (Å²) in [6.07, 6.45) is 1.75. The molecule has 0 saturated carbocycles. The van der Waals surface area contributed by atoms with E-state index in [1.165, 1.54) is 0 Å². The second-order valence-electron chi connectivity index (χ2n) is 3.71. The average molecular weight is 254 g/mol. The summed E-state index contributed by atoms with van der Waals surface area (Å²) in [4.78, 5) is 15.8. The maximum Gasteiger partial charge on any atom is 0.252 e. The number of aliphatic hydroxyl groups is 1. The summed E-state index contributed by atoms with van der Waals surface area (Å²) in [5.41, 5.74) is 0.552. The smallest absolute Gasteiger partial charge is 0.252 e. The molecule has 5 heteroatoms. The van der Waals surface area contributed by atoms with E-state index in [2.05, 4.69) is 17.2 Å². The fraction of sp³-hybridized carbons (Fsp3) is 0.500. The number of rotatable bonds is 6. The number of pyridine rings is 1. The predicted molar refractivity (Wildman–Crippen MR) is 69.3 cm³/mol. The highest BCUT2D eigenvalue weighted by Crippen LogP contribution is 2.14. The minimum Gasteiger partial charge on any atom is -0.393 e. The molecule has 1 unspecified atom stereocenters. The third-order valence-corrected chi connectivity index (χ3v) is 2.96. The minimum absolute atomic E-state index is 0.147. The minimum atomic E-state index is -0.392. The van der Waals surface area contributed by atoms with Crippen molar-refractivity contribution < 1.29 is 9.90 Å². The lowest BCUT2D eigenvalue weighted by Crippen LogP contribution is -2.26. The molecule has 17 heavy (non-hydrogen) atoms. The van der Waals surface area contributed by atoms with Gasteiger partial charge in [0.1, 0.15) is 0 Å². The lowest BCUT2D eigenvalue weighted by atomic mass is 10.2. The number of thioether (sulfide) groups is 1. The number of carbonyl (C=O) groups is 1. The Balaban J connectivity index is 2.46. The van der Waals surface area contributed by atoms with Crippen LogP contribution in [-0.2, 0) is 0 Å². The normalized spacial score (nSPS) is 12.2. The Morgan fingerprint density at radius 2 is 2.35 bits per heavy atom. The molecule has 1 atom stereocenters. The number of nitrogens with zero attached hydrogens (tertiary/aromatic N) is 1. The summed E-state index contributed by atoms with van der Waals surface area (Å²) in [6, 6.07) is 3.61. The molecule has 0 saturated heterocycles. The standard InChI is InChI=1S/C12H18N2O2S/c1-3-17-11-5-4-10(8-14-11)12(16)13-7-6-9(2)15/h4-5,8-9,15H,3,6-7H2,1-2H3,(H,13,16). The molecule has 0 aliphatic heterocycles. The molecule has 1 heterocycles. The van der Waals surface area contributed by atoms with E-state index in [0.29, 0.717) is 18.5 Å². The first-order chi connectivity index (χ1) is 8.13. The monoisotopic (exact) mass is 254 g/mol. The van der Waals surface area contributed by atoms with Gasteiger partial charge in [-0.25, -0.2) is 4.98 Å². The number of hydrogen-bond acceptors (Lipinski definition) is 4. The molecule has 0 aromatic carbocycles. The van der Waals surface area contributed by atoms with Gasteiger partial charge >= 0.3 is 0 Å². The molecule has 1 rings (SSSR count). The number of hydrogen-bond donors (Lipinski definition) is 2. The lowest BCUT2D eigenvalue weighted by Gasteiger charge is -2.06. The highest BCUT2D eigenvalue weighted by atomic mass is 32.2. The number of aliphatic hydroxyl groups excluding tert-OH is 1. The first-order valence-corrected chi connectivity index (χ1v) is 6.67. The Morgan fingerprint density at radius 1 is 1.59 bits per heavy atom. The molecule has 1 amide bonds. The van der Waals surface area contributed by atoms with Crippen molar-refractivity contribution in [2.24, 2.45) is 0 Å². The Hall–Kier alpha value is -1.07. The van der Waals surface area contributed by atoms with E-state index in [4.69, 9.17) is 5.11 Å². The zero-order valence-electron chi connectivity index (χ0n) is 10.1. The van der Waals surface area contributed by atoms with Crippen LogP contribution in [-0.4, -0.2) is 34.4 Å². The molecule has 0 spiro atoms. The lowest BCUT2D eigenvalue weighted by molar-refractivity contribution is 0.0945. The summed E-state index contributed by atoms with van der Waals surface area (Å²) in [7, 11) is 0. The maximum absolute atomic E-state index is 11.7. The van der Waals surface area contributed by atoms with Crippen molar-refractivity contribution in [1.82, 2.24) is 10.3 Å². The summed E-state index contributed by atoms with van der Waals surface area (Å²) < 4.78 is 0. The molecule has 0 aliphatic carbocycles. The topological polar surface area (TPSA) is 62.2 Å². The number of aromatic nitrogens is 1. The van der Waals surface area contributed by atoms with Crippen LogP contribution in [0.3, 0.4) is 0 Å². The van der Waals surface area contributed by atoms with Gasteiger partial charge in [0.05, 0.1) is 16.7 Å². The second kappa shape index (κ2) is 7.29.